The first-order valence-electron chi connectivity index (χ1n) is 8.06. The molecule has 0 fully saturated rings. The van der Waals surface area contributed by atoms with Gasteiger partial charge in [0.25, 0.3) is 5.91 Å². The Kier molecular flexibility index (Phi) is 6.85. The SMILES string of the molecule is CC(C)[C@H](C(=O)OCC(=O)Nc1ccc(F)c(F)c1F)c1ccc(Cl)cc1. The van der Waals surface area contributed by atoms with Gasteiger partial charge in [-0.25, -0.2) is 13.2 Å². The van der Waals surface area contributed by atoms with Gasteiger partial charge >= 0.3 is 5.97 Å². The zero-order valence-electron chi connectivity index (χ0n) is 14.6. The Balaban J connectivity index is 2.01. The van der Waals surface area contributed by atoms with Gasteiger partial charge in [-0.2, -0.15) is 0 Å². The molecule has 2 aromatic rings. The van der Waals surface area contributed by atoms with Gasteiger partial charge in [0.2, 0.25) is 0 Å². The highest BCUT2D eigenvalue weighted by Gasteiger charge is 2.26. The second-order valence-corrected chi connectivity index (χ2v) is 6.59. The second-order valence-electron chi connectivity index (χ2n) is 6.15. The molecule has 144 valence electrons. The highest BCUT2D eigenvalue weighted by Crippen LogP contribution is 2.27. The average Bonchev–Trinajstić information content (AvgIpc) is 2.62. The number of hydrogen-bond acceptors (Lipinski definition) is 3. The van der Waals surface area contributed by atoms with Crippen molar-refractivity contribution in [3.63, 3.8) is 0 Å². The van der Waals surface area contributed by atoms with Gasteiger partial charge in [-0.15, -0.1) is 0 Å². The van der Waals surface area contributed by atoms with Crippen molar-refractivity contribution in [1.29, 1.82) is 0 Å². The van der Waals surface area contributed by atoms with E-state index in [2.05, 4.69) is 0 Å². The van der Waals surface area contributed by atoms with Crippen LogP contribution < -0.4 is 5.32 Å². The highest BCUT2D eigenvalue weighted by atomic mass is 35.5. The Morgan fingerprint density at radius 3 is 2.26 bits per heavy atom. The molecule has 1 amide bonds. The van der Waals surface area contributed by atoms with Crippen LogP contribution >= 0.6 is 11.6 Å². The van der Waals surface area contributed by atoms with Crippen LogP contribution in [0.5, 0.6) is 0 Å². The van der Waals surface area contributed by atoms with E-state index >= 15 is 0 Å². The quantitative estimate of drug-likeness (QED) is 0.567. The van der Waals surface area contributed by atoms with E-state index in [0.29, 0.717) is 16.7 Å². The van der Waals surface area contributed by atoms with Crippen molar-refractivity contribution in [3.05, 3.63) is 64.4 Å². The van der Waals surface area contributed by atoms with Crippen LogP contribution in [0, 0.1) is 23.4 Å². The summed E-state index contributed by atoms with van der Waals surface area (Å²) in [6, 6.07) is 8.19. The minimum Gasteiger partial charge on any atom is -0.455 e. The molecule has 0 aromatic heterocycles. The fraction of sp³-hybridized carbons (Fsp3) is 0.263. The molecular weight excluding hydrogens is 383 g/mol. The van der Waals surface area contributed by atoms with E-state index in [1.54, 1.807) is 24.3 Å². The summed E-state index contributed by atoms with van der Waals surface area (Å²) in [6.07, 6.45) is 0. The third kappa shape index (κ3) is 5.23. The Morgan fingerprint density at radius 1 is 1.04 bits per heavy atom. The largest absolute Gasteiger partial charge is 0.455 e. The Hall–Kier alpha value is -2.54. The molecule has 0 aliphatic heterocycles. The van der Waals surface area contributed by atoms with Gasteiger partial charge in [-0.05, 0) is 35.7 Å². The van der Waals surface area contributed by atoms with Crippen molar-refractivity contribution >= 4 is 29.2 Å². The lowest BCUT2D eigenvalue weighted by Crippen LogP contribution is -2.26. The topological polar surface area (TPSA) is 55.4 Å². The first-order valence-corrected chi connectivity index (χ1v) is 8.44. The Morgan fingerprint density at radius 2 is 1.67 bits per heavy atom. The van der Waals surface area contributed by atoms with Crippen LogP contribution in [0.15, 0.2) is 36.4 Å². The number of nitrogens with one attached hydrogen (secondary N) is 1. The zero-order valence-corrected chi connectivity index (χ0v) is 15.3. The Labute approximate surface area is 159 Å². The number of ether oxygens (including phenoxy) is 1. The maximum Gasteiger partial charge on any atom is 0.314 e. The number of rotatable bonds is 6. The number of carbonyl (C=O) groups excluding carboxylic acids is 2. The van der Waals surface area contributed by atoms with E-state index in [-0.39, 0.29) is 5.92 Å². The molecule has 0 radical (unpaired) electrons. The van der Waals surface area contributed by atoms with Crippen LogP contribution in [0.1, 0.15) is 25.3 Å². The summed E-state index contributed by atoms with van der Waals surface area (Å²) in [4.78, 5) is 24.2. The first-order chi connectivity index (χ1) is 12.7. The first kappa shape index (κ1) is 20.8. The summed E-state index contributed by atoms with van der Waals surface area (Å²) in [7, 11) is 0. The van der Waals surface area contributed by atoms with Crippen LogP contribution in [-0.2, 0) is 14.3 Å². The number of benzene rings is 2. The van der Waals surface area contributed by atoms with Crippen LogP contribution in [0.3, 0.4) is 0 Å². The van der Waals surface area contributed by atoms with Gasteiger partial charge < -0.3 is 10.1 Å². The number of hydrogen-bond donors (Lipinski definition) is 1. The Bertz CT molecular complexity index is 841. The van der Waals surface area contributed by atoms with Gasteiger partial charge in [0.15, 0.2) is 24.1 Å². The van der Waals surface area contributed by atoms with Crippen LogP contribution in [0.2, 0.25) is 5.02 Å². The maximum atomic E-state index is 13.6. The number of halogens is 4. The van der Waals surface area contributed by atoms with Gasteiger partial charge in [0.1, 0.15) is 0 Å². The van der Waals surface area contributed by atoms with Crippen molar-refractivity contribution in [1.82, 2.24) is 0 Å². The third-order valence-electron chi connectivity index (χ3n) is 3.80. The predicted octanol–water partition coefficient (Wildman–Crippen LogP) is 4.68. The molecule has 0 aliphatic rings. The van der Waals surface area contributed by atoms with Gasteiger partial charge in [0, 0.05) is 5.02 Å². The standard InChI is InChI=1S/C19H17ClF3NO3/c1-10(2)16(11-3-5-12(20)6-4-11)19(26)27-9-15(25)24-14-8-7-13(21)17(22)18(14)23/h3-8,10,16H,9H2,1-2H3,(H,24,25)/t16-/m0/s1. The van der Waals surface area contributed by atoms with Gasteiger partial charge in [-0.3, -0.25) is 9.59 Å². The lowest BCUT2D eigenvalue weighted by molar-refractivity contribution is -0.149. The normalized spacial score (nSPS) is 12.0. The molecule has 2 rings (SSSR count). The molecule has 0 heterocycles. The summed E-state index contributed by atoms with van der Waals surface area (Å²) >= 11 is 5.84. The molecule has 0 saturated carbocycles. The maximum absolute atomic E-state index is 13.6. The number of esters is 1. The minimum absolute atomic E-state index is 0.120. The van der Waals surface area contributed by atoms with Crippen molar-refractivity contribution in [3.8, 4) is 0 Å². The molecule has 0 saturated heterocycles. The summed E-state index contributed by atoms with van der Waals surface area (Å²) < 4.78 is 44.6. The van der Waals surface area contributed by atoms with Crippen molar-refractivity contribution in [2.75, 3.05) is 11.9 Å². The summed E-state index contributed by atoms with van der Waals surface area (Å²) in [5.74, 6) is -6.89. The van der Waals surface area contributed by atoms with Gasteiger partial charge in [0.05, 0.1) is 11.6 Å². The number of amides is 1. The molecule has 4 nitrogen and oxygen atoms in total. The van der Waals surface area contributed by atoms with E-state index in [1.807, 2.05) is 19.2 Å². The fourth-order valence-corrected chi connectivity index (χ4v) is 2.62. The summed E-state index contributed by atoms with van der Waals surface area (Å²) in [5, 5.41) is 2.55. The minimum atomic E-state index is -1.70. The van der Waals surface area contributed by atoms with Crippen LogP contribution in [0.25, 0.3) is 0 Å². The molecule has 1 atom stereocenters. The molecule has 1 N–H and O–H groups in total. The monoisotopic (exact) mass is 399 g/mol. The summed E-state index contributed by atoms with van der Waals surface area (Å²) in [6.45, 7) is 2.93. The molecule has 8 heteroatoms. The van der Waals surface area contributed by atoms with E-state index in [1.165, 1.54) is 0 Å². The average molecular weight is 400 g/mol. The van der Waals surface area contributed by atoms with Crippen molar-refractivity contribution in [2.45, 2.75) is 19.8 Å². The molecular formula is C19H17ClF3NO3. The van der Waals surface area contributed by atoms with Crippen LogP contribution in [0.4, 0.5) is 18.9 Å². The van der Waals surface area contributed by atoms with E-state index in [0.717, 1.165) is 6.07 Å². The second kappa shape index (κ2) is 8.90. The lowest BCUT2D eigenvalue weighted by atomic mass is 9.88. The number of carbonyl (C=O) groups is 2. The van der Waals surface area contributed by atoms with Crippen molar-refractivity contribution in [2.24, 2.45) is 5.92 Å². The smallest absolute Gasteiger partial charge is 0.314 e. The molecule has 27 heavy (non-hydrogen) atoms. The highest BCUT2D eigenvalue weighted by molar-refractivity contribution is 6.30. The van der Waals surface area contributed by atoms with Crippen LogP contribution in [-0.4, -0.2) is 18.5 Å². The molecule has 0 bridgehead atoms. The third-order valence-corrected chi connectivity index (χ3v) is 4.06. The van der Waals surface area contributed by atoms with E-state index in [4.69, 9.17) is 16.3 Å². The molecule has 0 spiro atoms. The summed E-state index contributed by atoms with van der Waals surface area (Å²) in [5.41, 5.74) is 0.125. The van der Waals surface area contributed by atoms with Gasteiger partial charge in [-0.1, -0.05) is 37.6 Å². The fourth-order valence-electron chi connectivity index (χ4n) is 2.50. The molecule has 2 aromatic carbocycles. The predicted molar refractivity (Wildman–Crippen MR) is 94.9 cm³/mol. The zero-order chi connectivity index (χ0) is 20.1. The molecule has 0 unspecified atom stereocenters. The van der Waals surface area contributed by atoms with E-state index in [9.17, 15) is 22.8 Å². The van der Waals surface area contributed by atoms with E-state index < -0.39 is 47.5 Å². The van der Waals surface area contributed by atoms with Crippen molar-refractivity contribution < 1.29 is 27.5 Å². The lowest BCUT2D eigenvalue weighted by Gasteiger charge is -2.20. The number of anilines is 1. The molecule has 0 aliphatic carbocycles.